The van der Waals surface area contributed by atoms with E-state index < -0.39 is 15.9 Å². The summed E-state index contributed by atoms with van der Waals surface area (Å²) >= 11 is 11.9. The summed E-state index contributed by atoms with van der Waals surface area (Å²) in [5.41, 5.74) is 0. The van der Waals surface area contributed by atoms with Gasteiger partial charge in [0, 0.05) is 18.8 Å². The molecular formula is C13H19Cl2NO4S. The first-order chi connectivity index (χ1) is 9.69. The van der Waals surface area contributed by atoms with Crippen molar-refractivity contribution in [3.63, 3.8) is 0 Å². The predicted octanol–water partition coefficient (Wildman–Crippen LogP) is 1.76. The third-order valence-corrected chi connectivity index (χ3v) is 4.29. The molecule has 5 nitrogen and oxygen atoms in total. The fourth-order valence-corrected chi connectivity index (χ4v) is 3.24. The first-order valence-electron chi connectivity index (χ1n) is 6.35. The molecular weight excluding hydrogens is 337 g/mol. The largest absolute Gasteiger partial charge is 0.488 e. The maximum Gasteiger partial charge on any atom is 0.156 e. The van der Waals surface area contributed by atoms with Crippen LogP contribution >= 0.6 is 23.2 Å². The fraction of sp³-hybridized carbons (Fsp3) is 0.538. The van der Waals surface area contributed by atoms with Crippen molar-refractivity contribution < 1.29 is 18.3 Å². The van der Waals surface area contributed by atoms with Crippen molar-refractivity contribution >= 4 is 33.0 Å². The van der Waals surface area contributed by atoms with Crippen molar-refractivity contribution in [2.75, 3.05) is 25.2 Å². The lowest BCUT2D eigenvalue weighted by molar-refractivity contribution is 0.105. The molecule has 0 heterocycles. The minimum absolute atomic E-state index is 0.00203. The van der Waals surface area contributed by atoms with Crippen LogP contribution in [-0.2, 0) is 9.84 Å². The van der Waals surface area contributed by atoms with Gasteiger partial charge in [0.2, 0.25) is 0 Å². The molecule has 0 radical (unpaired) electrons. The maximum atomic E-state index is 11.1. The number of hydrogen-bond acceptors (Lipinski definition) is 5. The zero-order valence-corrected chi connectivity index (χ0v) is 14.2. The summed E-state index contributed by atoms with van der Waals surface area (Å²) in [6.07, 6.45) is 0.365. The molecule has 1 rings (SSSR count). The van der Waals surface area contributed by atoms with Crippen molar-refractivity contribution in [2.45, 2.75) is 19.1 Å². The van der Waals surface area contributed by atoms with E-state index in [2.05, 4.69) is 5.32 Å². The van der Waals surface area contributed by atoms with Gasteiger partial charge in [-0.2, -0.15) is 0 Å². The van der Waals surface area contributed by atoms with Crippen molar-refractivity contribution in [1.29, 1.82) is 0 Å². The second-order valence-corrected chi connectivity index (χ2v) is 7.92. The molecule has 21 heavy (non-hydrogen) atoms. The van der Waals surface area contributed by atoms with Crippen LogP contribution in [0.1, 0.15) is 6.92 Å². The van der Waals surface area contributed by atoms with Crippen molar-refractivity contribution in [3.8, 4) is 5.75 Å². The van der Waals surface area contributed by atoms with Gasteiger partial charge in [-0.3, -0.25) is 0 Å². The predicted molar refractivity (Wildman–Crippen MR) is 85.1 cm³/mol. The zero-order valence-electron chi connectivity index (χ0n) is 11.8. The van der Waals surface area contributed by atoms with Crippen LogP contribution in [-0.4, -0.2) is 50.8 Å². The van der Waals surface area contributed by atoms with Gasteiger partial charge in [-0.15, -0.1) is 0 Å². The van der Waals surface area contributed by atoms with E-state index in [1.165, 1.54) is 6.26 Å². The number of aliphatic hydroxyl groups is 1. The van der Waals surface area contributed by atoms with Crippen LogP contribution in [0, 0.1) is 0 Å². The standard InChI is InChI=1S/C13H19Cl2NO4S/c1-9(8-21(2,18)19)16-6-10(17)7-20-13-11(14)4-3-5-12(13)15/h3-5,9-10,16-17H,6-8H2,1-2H3. The Bertz CT molecular complexity index is 545. The van der Waals surface area contributed by atoms with Gasteiger partial charge in [-0.05, 0) is 19.1 Å². The van der Waals surface area contributed by atoms with E-state index in [4.69, 9.17) is 27.9 Å². The molecule has 0 aliphatic heterocycles. The third-order valence-electron chi connectivity index (χ3n) is 2.59. The summed E-state index contributed by atoms with van der Waals surface area (Å²) in [5, 5.41) is 13.5. The molecule has 0 spiro atoms. The van der Waals surface area contributed by atoms with Crippen molar-refractivity contribution in [1.82, 2.24) is 5.32 Å². The number of nitrogens with one attached hydrogen (secondary N) is 1. The van der Waals surface area contributed by atoms with E-state index in [1.54, 1.807) is 25.1 Å². The van der Waals surface area contributed by atoms with Gasteiger partial charge in [0.25, 0.3) is 0 Å². The SMILES string of the molecule is CC(CS(C)(=O)=O)NCC(O)COc1c(Cl)cccc1Cl. The Morgan fingerprint density at radius 1 is 1.33 bits per heavy atom. The number of sulfone groups is 1. The van der Waals surface area contributed by atoms with Gasteiger partial charge >= 0.3 is 0 Å². The zero-order chi connectivity index (χ0) is 16.0. The number of hydrogen-bond donors (Lipinski definition) is 2. The van der Waals surface area contributed by atoms with Gasteiger partial charge in [0.15, 0.2) is 5.75 Å². The smallest absolute Gasteiger partial charge is 0.156 e. The highest BCUT2D eigenvalue weighted by atomic mass is 35.5. The highest BCUT2D eigenvalue weighted by Crippen LogP contribution is 2.32. The number of benzene rings is 1. The molecule has 0 saturated heterocycles. The van der Waals surface area contributed by atoms with E-state index in [1.807, 2.05) is 0 Å². The molecule has 0 aromatic heterocycles. The average Bonchev–Trinajstić information content (AvgIpc) is 2.33. The quantitative estimate of drug-likeness (QED) is 0.742. The molecule has 0 saturated carbocycles. The first kappa shape index (κ1) is 18.5. The second kappa shape index (κ2) is 8.19. The summed E-state index contributed by atoms with van der Waals surface area (Å²) in [7, 11) is -3.05. The Hall–Kier alpha value is -0.530. The second-order valence-electron chi connectivity index (χ2n) is 4.92. The van der Waals surface area contributed by atoms with Gasteiger partial charge < -0.3 is 15.2 Å². The lowest BCUT2D eigenvalue weighted by atomic mass is 10.3. The summed E-state index contributed by atoms with van der Waals surface area (Å²) in [4.78, 5) is 0. The molecule has 8 heteroatoms. The highest BCUT2D eigenvalue weighted by molar-refractivity contribution is 7.90. The third kappa shape index (κ3) is 7.33. The lowest BCUT2D eigenvalue weighted by Gasteiger charge is -2.17. The molecule has 0 fully saturated rings. The molecule has 2 unspecified atom stereocenters. The topological polar surface area (TPSA) is 75.6 Å². The normalized spacial score (nSPS) is 14.7. The first-order valence-corrected chi connectivity index (χ1v) is 9.16. The molecule has 1 aromatic carbocycles. The minimum Gasteiger partial charge on any atom is -0.488 e. The van der Waals surface area contributed by atoms with Gasteiger partial charge in [0.05, 0.1) is 15.8 Å². The number of rotatable bonds is 8. The van der Waals surface area contributed by atoms with E-state index in [0.29, 0.717) is 15.8 Å². The fourth-order valence-electron chi connectivity index (χ4n) is 1.71. The Balaban J connectivity index is 2.39. The number of para-hydroxylation sites is 1. The Morgan fingerprint density at radius 2 is 1.90 bits per heavy atom. The van der Waals surface area contributed by atoms with Gasteiger partial charge in [0.1, 0.15) is 22.5 Å². The summed E-state index contributed by atoms with van der Waals surface area (Å²) in [6.45, 7) is 1.94. The molecule has 0 aliphatic rings. The Kier molecular flexibility index (Phi) is 7.23. The van der Waals surface area contributed by atoms with Crippen molar-refractivity contribution in [2.24, 2.45) is 0 Å². The van der Waals surface area contributed by atoms with Crippen molar-refractivity contribution in [3.05, 3.63) is 28.2 Å². The Morgan fingerprint density at radius 3 is 2.43 bits per heavy atom. The van der Waals surface area contributed by atoms with Crippen LogP contribution in [0.2, 0.25) is 10.0 Å². The molecule has 2 atom stereocenters. The monoisotopic (exact) mass is 355 g/mol. The summed E-state index contributed by atoms with van der Waals surface area (Å²) in [5.74, 6) is 0.334. The van der Waals surface area contributed by atoms with Crippen LogP contribution in [0.15, 0.2) is 18.2 Å². The van der Waals surface area contributed by atoms with E-state index in [-0.39, 0.29) is 24.9 Å². The lowest BCUT2D eigenvalue weighted by Crippen LogP contribution is -2.39. The summed E-state index contributed by atoms with van der Waals surface area (Å²) < 4.78 is 27.6. The number of ether oxygens (including phenoxy) is 1. The van der Waals surface area contributed by atoms with Crippen LogP contribution in [0.3, 0.4) is 0 Å². The minimum atomic E-state index is -3.05. The van der Waals surface area contributed by atoms with Gasteiger partial charge in [-0.25, -0.2) is 8.42 Å². The molecule has 0 amide bonds. The Labute approximate surface area is 135 Å². The summed E-state index contributed by atoms with van der Waals surface area (Å²) in [6, 6.07) is 4.73. The van der Waals surface area contributed by atoms with E-state index >= 15 is 0 Å². The average molecular weight is 356 g/mol. The van der Waals surface area contributed by atoms with Crippen LogP contribution in [0.25, 0.3) is 0 Å². The van der Waals surface area contributed by atoms with Crippen LogP contribution in [0.5, 0.6) is 5.75 Å². The van der Waals surface area contributed by atoms with Gasteiger partial charge in [-0.1, -0.05) is 29.3 Å². The molecule has 0 bridgehead atoms. The van der Waals surface area contributed by atoms with E-state index in [0.717, 1.165) is 0 Å². The number of aliphatic hydroxyl groups excluding tert-OH is 1. The number of halogens is 2. The van der Waals surface area contributed by atoms with Crippen LogP contribution < -0.4 is 10.1 Å². The molecule has 0 aliphatic carbocycles. The van der Waals surface area contributed by atoms with E-state index in [9.17, 15) is 13.5 Å². The molecule has 120 valence electrons. The maximum absolute atomic E-state index is 11.1. The van der Waals surface area contributed by atoms with Crippen LogP contribution in [0.4, 0.5) is 0 Å². The highest BCUT2D eigenvalue weighted by Gasteiger charge is 2.14. The molecule has 1 aromatic rings. The molecule has 2 N–H and O–H groups in total.